The van der Waals surface area contributed by atoms with Gasteiger partial charge in [0.2, 0.25) is 0 Å². The average Bonchev–Trinajstić information content (AvgIpc) is 0.719. The zero-order chi connectivity index (χ0) is 71.9. The summed E-state index contributed by atoms with van der Waals surface area (Å²) < 4.78 is 48.8. The molecule has 0 radical (unpaired) electrons. The Labute approximate surface area is 614 Å². The second-order valence-electron chi connectivity index (χ2n) is 22.5. The molecular formula is C73H68N24P8+2. The lowest BCUT2D eigenvalue weighted by molar-refractivity contribution is -0.497. The molecule has 0 saturated carbocycles. The van der Waals surface area contributed by atoms with Gasteiger partial charge < -0.3 is 0 Å². The van der Waals surface area contributed by atoms with Gasteiger partial charge in [-0.15, -0.1) is 14.4 Å². The summed E-state index contributed by atoms with van der Waals surface area (Å²) in [6.07, 6.45) is 0. The van der Waals surface area contributed by atoms with Crippen LogP contribution in [-0.4, -0.2) is 10.3 Å². The van der Waals surface area contributed by atoms with Gasteiger partial charge in [0.15, 0.2) is 28.4 Å². The van der Waals surface area contributed by atoms with Crippen molar-refractivity contribution in [1.82, 2.24) is 20.6 Å². The van der Waals surface area contributed by atoms with Crippen molar-refractivity contribution in [2.24, 2.45) is 78.4 Å². The van der Waals surface area contributed by atoms with Crippen LogP contribution >= 0.6 is 63.4 Å². The third-order valence-corrected chi connectivity index (χ3v) is 34.1. The summed E-state index contributed by atoms with van der Waals surface area (Å²) in [5.74, 6) is 14.1. The van der Waals surface area contributed by atoms with Crippen molar-refractivity contribution < 1.29 is 4.58 Å². The number of hydrogen-bond acceptors (Lipinski definition) is 16. The van der Waals surface area contributed by atoms with Crippen LogP contribution in [0.4, 0.5) is 34.1 Å². The van der Waals surface area contributed by atoms with Gasteiger partial charge in [-0.25, -0.2) is 25.8 Å². The molecule has 3 atom stereocenters. The molecule has 0 aromatic heterocycles. The molecule has 1 aliphatic rings. The smallest absolute Gasteiger partial charge is 0.248 e. The topological polar surface area (TPSA) is 295 Å². The van der Waals surface area contributed by atoms with Crippen LogP contribution in [0.1, 0.15) is 11.1 Å². The highest BCUT2D eigenvalue weighted by Crippen LogP contribution is 2.85. The van der Waals surface area contributed by atoms with Crippen LogP contribution in [0.5, 0.6) is 0 Å². The highest BCUT2D eigenvalue weighted by atomic mass is 31.3. The molecule has 8 N–H and O–H groups in total. The lowest BCUT2D eigenvalue weighted by Gasteiger charge is -2.30. The molecule has 105 heavy (non-hydrogen) atoms. The largest absolute Gasteiger partial charge is 0.378 e. The minimum Gasteiger partial charge on any atom is -0.248 e. The number of rotatable bonds is 28. The van der Waals surface area contributed by atoms with E-state index in [2.05, 4.69) is 21.5 Å². The van der Waals surface area contributed by atoms with Crippen molar-refractivity contribution in [1.29, 1.82) is 5.53 Å². The van der Waals surface area contributed by atoms with Gasteiger partial charge >= 0.3 is 39.1 Å². The van der Waals surface area contributed by atoms with Crippen molar-refractivity contribution in [3.05, 3.63) is 375 Å². The Balaban J connectivity index is 1.27. The van der Waals surface area contributed by atoms with E-state index in [0.717, 1.165) is 33.4 Å². The van der Waals surface area contributed by atoms with Crippen LogP contribution in [0, 0.1) is 5.53 Å². The van der Waals surface area contributed by atoms with Crippen molar-refractivity contribution in [2.45, 2.75) is 0 Å². The van der Waals surface area contributed by atoms with Crippen LogP contribution in [0.3, 0.4) is 0 Å². The van der Waals surface area contributed by atoms with Crippen LogP contribution < -0.4 is 63.5 Å². The van der Waals surface area contributed by atoms with Gasteiger partial charge in [-0.2, -0.15) is 38.5 Å². The van der Waals surface area contributed by atoms with Crippen LogP contribution in [-0.2, 0) is 0 Å². The molecule has 0 fully saturated rings. The lowest BCUT2D eigenvalue weighted by atomic mass is 10.0. The number of nitrogens with zero attached hydrogens (tertiary/aromatic N) is 18. The number of anilines is 4. The summed E-state index contributed by atoms with van der Waals surface area (Å²) in [5, 5.41) is 23.7. The second kappa shape index (κ2) is 35.3. The molecule has 0 amide bonds. The average molecular weight is 1530 g/mol. The number of para-hydroxylation sites is 6. The normalized spacial score (nSPS) is 16.8. The minimum atomic E-state index is -4.76. The predicted molar refractivity (Wildman–Crippen MR) is 435 cm³/mol. The van der Waals surface area contributed by atoms with E-state index in [1.165, 1.54) is 0 Å². The van der Waals surface area contributed by atoms with Gasteiger partial charge in [-0.3, -0.25) is 0 Å². The Hall–Kier alpha value is -10.6. The Morgan fingerprint density at radius 1 is 0.419 bits per heavy atom. The molecule has 1 aliphatic heterocycles. The molecule has 13 rings (SSSR count). The number of hydrogen-bond donors (Lipinski definition) is 6. The van der Waals surface area contributed by atoms with E-state index < -0.39 is 37.8 Å². The van der Waals surface area contributed by atoms with Gasteiger partial charge in [0.05, 0.1) is 44.0 Å². The first-order chi connectivity index (χ1) is 51.8. The summed E-state index contributed by atoms with van der Waals surface area (Å²) >= 11 is 0. The maximum atomic E-state index is 9.01. The molecule has 1 heterocycles. The molecule has 12 aromatic carbocycles. The first kappa shape index (κ1) is 72.7. The summed E-state index contributed by atoms with van der Waals surface area (Å²) in [7, 11) is -19.5. The molecule has 3 unspecified atom stereocenters. The number of benzene rings is 12. The van der Waals surface area contributed by atoms with E-state index in [-0.39, 0.29) is 29.9 Å². The first-order valence-electron chi connectivity index (χ1n) is 32.6. The maximum absolute atomic E-state index is 9.01. The van der Waals surface area contributed by atoms with E-state index >= 15 is 0 Å². The molecule has 32 heteroatoms. The molecule has 518 valence electrons. The van der Waals surface area contributed by atoms with Crippen LogP contribution in [0.15, 0.2) is 431 Å². The van der Waals surface area contributed by atoms with Gasteiger partial charge in [-0.1, -0.05) is 298 Å². The van der Waals surface area contributed by atoms with Gasteiger partial charge in [0.25, 0.3) is 0 Å². The molecule has 0 aliphatic carbocycles. The third kappa shape index (κ3) is 17.5. The number of nitrogens with one attached hydrogen (secondary N) is 4. The fraction of sp³-hybridized carbons (Fsp3) is 0. The van der Waals surface area contributed by atoms with E-state index in [1.807, 2.05) is 364 Å². The van der Waals surface area contributed by atoms with E-state index in [4.69, 9.17) is 78.7 Å². The zero-order valence-electron chi connectivity index (χ0n) is 55.9. The van der Waals surface area contributed by atoms with Gasteiger partial charge in [0, 0.05) is 50.6 Å². The highest BCUT2D eigenvalue weighted by molar-refractivity contribution is 7.90. The molecule has 0 spiro atoms. The summed E-state index contributed by atoms with van der Waals surface area (Å²) in [5.41, 5.74) is 21.3. The second-order valence-corrected chi connectivity index (χ2v) is 37.1. The van der Waals surface area contributed by atoms with Crippen molar-refractivity contribution in [3.8, 4) is 0 Å². The molecule has 0 saturated heterocycles. The Morgan fingerprint density at radius 3 is 1.12 bits per heavy atom. The summed E-state index contributed by atoms with van der Waals surface area (Å²) in [6, 6.07) is 117. The zero-order valence-corrected chi connectivity index (χ0v) is 63.1. The van der Waals surface area contributed by atoms with Gasteiger partial charge in [-0.05, 0) is 72.8 Å². The fourth-order valence-electron chi connectivity index (χ4n) is 11.0. The van der Waals surface area contributed by atoms with Gasteiger partial charge in [0.1, 0.15) is 7.21 Å². The SMILES string of the molecule is N=NNP(=NP1(N=[N+](NN)P(c2ccccc2)c2ccccc2)=NP(N=PN=NN(c2ccccc2)c2ccccc2)(N=C(c2ccccc2)c2ccccc2)=NP(N=PN=NN(c2ccccc2)c2ccccc2)(N=P[N+](NN)(c2ccccc2)c2ccccc2)=N1)(c1ccccc1)c1ccccc1. The predicted octanol–water partition coefficient (Wildman–Crippen LogP) is 22.8. The third-order valence-electron chi connectivity index (χ3n) is 15.7. The Morgan fingerprint density at radius 2 is 0.752 bits per heavy atom. The number of hydrazine groups is 3. The van der Waals surface area contributed by atoms with E-state index in [0.29, 0.717) is 38.8 Å². The van der Waals surface area contributed by atoms with Crippen molar-refractivity contribution in [2.75, 3.05) is 10.0 Å². The monoisotopic (exact) mass is 1530 g/mol. The molecule has 12 aromatic rings. The summed E-state index contributed by atoms with van der Waals surface area (Å²) in [4.78, 5) is 15.8. The first-order valence-corrected chi connectivity index (χ1v) is 42.8. The number of quaternary nitrogens is 1. The van der Waals surface area contributed by atoms with Crippen molar-refractivity contribution >= 4 is 124 Å². The Bertz CT molecular complexity index is 5080. The maximum Gasteiger partial charge on any atom is 0.378 e. The van der Waals surface area contributed by atoms with Crippen molar-refractivity contribution in [3.63, 3.8) is 0 Å². The summed E-state index contributed by atoms with van der Waals surface area (Å²) in [6.45, 7) is 0. The van der Waals surface area contributed by atoms with E-state index in [9.17, 15) is 0 Å². The fourth-order valence-corrected chi connectivity index (χ4v) is 31.6. The Kier molecular flexibility index (Phi) is 24.4. The minimum absolute atomic E-state index is 0.0293. The molecular weight excluding hydrogens is 1460 g/mol. The van der Waals surface area contributed by atoms with Crippen LogP contribution in [0.2, 0.25) is 0 Å². The molecule has 0 bridgehead atoms. The quantitative estimate of drug-likeness (QED) is 0.00905. The lowest BCUT2D eigenvalue weighted by Crippen LogP contribution is -2.51. The van der Waals surface area contributed by atoms with E-state index in [1.54, 1.807) is 14.6 Å². The molecule has 24 nitrogen and oxygen atoms in total. The highest BCUT2D eigenvalue weighted by Gasteiger charge is 2.47. The number of nitrogens with two attached hydrogens (primary N) is 2. The standard InChI is InChI=1S/C73H67N24P8/c74-78-85-102(71-57-33-11-34-58-71,72-59-35-12-36-60-72)90-104(86-96(79-75)101(69-53-29-9-30-54-69)70-55-31-10-32-56-70)91-103(77-73(61-37-13-1-14-38-61)62-39-15-2-16-40-62,87-98-83-81-94(63-41-17-3-18-42-63)64-43-19-4-20-44-64)92-105(93-104,88-99-84-82-95(65-45-21-5-22-46-65)66-47-23-6-24-48-66)89-100-97(80-76,67-49-25-7-26-50-67)68-51-27-8-28-52-68/h1-60,86H,(H6,74,75,76,78,79,80,81,82,83,84,85,87,88)/q+1/p+1. The van der Waals surface area contributed by atoms with Crippen LogP contribution in [0.25, 0.3) is 0 Å².